The molecule has 1 aromatic heterocycles. The van der Waals surface area contributed by atoms with Crippen LogP contribution in [0.2, 0.25) is 0 Å². The molecule has 0 aliphatic carbocycles. The maximum Gasteiger partial charge on any atom is 0.126 e. The van der Waals surface area contributed by atoms with E-state index < -0.39 is 0 Å². The van der Waals surface area contributed by atoms with E-state index in [0.717, 1.165) is 24.2 Å². The second-order valence-corrected chi connectivity index (χ2v) is 3.86. The fourth-order valence-corrected chi connectivity index (χ4v) is 1.84. The second-order valence-electron chi connectivity index (χ2n) is 3.86. The van der Waals surface area contributed by atoms with E-state index in [2.05, 4.69) is 11.1 Å². The fourth-order valence-electron chi connectivity index (χ4n) is 1.84. The van der Waals surface area contributed by atoms with Crippen LogP contribution in [0.3, 0.4) is 0 Å². The molecule has 3 heteroatoms. The zero-order valence-corrected chi connectivity index (χ0v) is 9.89. The SMILES string of the molecule is COc1ccccc1CCc1cccnc1N. The third-order valence-electron chi connectivity index (χ3n) is 2.78. The largest absolute Gasteiger partial charge is 0.496 e. The lowest BCUT2D eigenvalue weighted by Gasteiger charge is -2.08. The number of nitrogens with zero attached hydrogens (tertiary/aromatic N) is 1. The highest BCUT2D eigenvalue weighted by atomic mass is 16.5. The molecule has 0 spiro atoms. The monoisotopic (exact) mass is 228 g/mol. The zero-order chi connectivity index (χ0) is 12.1. The smallest absolute Gasteiger partial charge is 0.126 e. The van der Waals surface area contributed by atoms with E-state index in [0.29, 0.717) is 5.82 Å². The molecule has 2 aromatic rings. The fraction of sp³-hybridized carbons (Fsp3) is 0.214. The first-order valence-corrected chi connectivity index (χ1v) is 5.62. The van der Waals surface area contributed by atoms with Crippen LogP contribution in [-0.2, 0) is 12.8 Å². The minimum atomic E-state index is 0.613. The van der Waals surface area contributed by atoms with Crippen LogP contribution in [-0.4, -0.2) is 12.1 Å². The number of aromatic nitrogens is 1. The molecule has 0 fully saturated rings. The van der Waals surface area contributed by atoms with Gasteiger partial charge in [0.25, 0.3) is 0 Å². The Bertz CT molecular complexity index is 497. The van der Waals surface area contributed by atoms with Gasteiger partial charge in [0.1, 0.15) is 11.6 Å². The quantitative estimate of drug-likeness (QED) is 0.874. The normalized spacial score (nSPS) is 10.2. The van der Waals surface area contributed by atoms with Crippen molar-refractivity contribution in [2.45, 2.75) is 12.8 Å². The first-order chi connectivity index (χ1) is 8.31. The van der Waals surface area contributed by atoms with Crippen molar-refractivity contribution in [3.8, 4) is 5.75 Å². The molecule has 2 N–H and O–H groups in total. The minimum Gasteiger partial charge on any atom is -0.496 e. The van der Waals surface area contributed by atoms with Gasteiger partial charge in [0.05, 0.1) is 7.11 Å². The number of rotatable bonds is 4. The number of anilines is 1. The molecule has 1 heterocycles. The van der Waals surface area contributed by atoms with Gasteiger partial charge in [-0.3, -0.25) is 0 Å². The van der Waals surface area contributed by atoms with Crippen LogP contribution in [0.1, 0.15) is 11.1 Å². The third-order valence-corrected chi connectivity index (χ3v) is 2.78. The van der Waals surface area contributed by atoms with Gasteiger partial charge in [-0.1, -0.05) is 24.3 Å². The number of benzene rings is 1. The molecule has 0 unspecified atom stereocenters. The summed E-state index contributed by atoms with van der Waals surface area (Å²) in [6.07, 6.45) is 3.49. The number of aryl methyl sites for hydroxylation is 2. The lowest BCUT2D eigenvalue weighted by molar-refractivity contribution is 0.409. The van der Waals surface area contributed by atoms with Gasteiger partial charge in [0.2, 0.25) is 0 Å². The number of hydrogen-bond donors (Lipinski definition) is 1. The van der Waals surface area contributed by atoms with E-state index >= 15 is 0 Å². The van der Waals surface area contributed by atoms with Gasteiger partial charge in [0, 0.05) is 6.20 Å². The number of para-hydroxylation sites is 1. The van der Waals surface area contributed by atoms with E-state index in [1.165, 1.54) is 5.56 Å². The third kappa shape index (κ3) is 2.75. The number of pyridine rings is 1. The Balaban J connectivity index is 2.10. The van der Waals surface area contributed by atoms with Gasteiger partial charge in [0.15, 0.2) is 0 Å². The van der Waals surface area contributed by atoms with Gasteiger partial charge in [-0.25, -0.2) is 4.98 Å². The molecule has 0 radical (unpaired) electrons. The maximum atomic E-state index is 5.81. The predicted octanol–water partition coefficient (Wildman–Crippen LogP) is 2.46. The van der Waals surface area contributed by atoms with E-state index in [1.54, 1.807) is 13.3 Å². The van der Waals surface area contributed by atoms with Crippen molar-refractivity contribution in [2.24, 2.45) is 0 Å². The topological polar surface area (TPSA) is 48.1 Å². The molecule has 0 saturated carbocycles. The van der Waals surface area contributed by atoms with Gasteiger partial charge < -0.3 is 10.5 Å². The number of hydrogen-bond acceptors (Lipinski definition) is 3. The standard InChI is InChI=1S/C14H16N2O/c1-17-13-7-3-2-5-11(13)8-9-12-6-4-10-16-14(12)15/h2-7,10H,8-9H2,1H3,(H2,15,16). The summed E-state index contributed by atoms with van der Waals surface area (Å²) in [5.74, 6) is 1.54. The summed E-state index contributed by atoms with van der Waals surface area (Å²) < 4.78 is 5.32. The van der Waals surface area contributed by atoms with Crippen molar-refractivity contribution in [2.75, 3.05) is 12.8 Å². The molecule has 2 rings (SSSR count). The highest BCUT2D eigenvalue weighted by Gasteiger charge is 2.04. The summed E-state index contributed by atoms with van der Waals surface area (Å²) in [5, 5.41) is 0. The highest BCUT2D eigenvalue weighted by Crippen LogP contribution is 2.20. The predicted molar refractivity (Wildman–Crippen MR) is 69.1 cm³/mol. The van der Waals surface area contributed by atoms with Crippen LogP contribution < -0.4 is 10.5 Å². The minimum absolute atomic E-state index is 0.613. The van der Waals surface area contributed by atoms with Crippen LogP contribution in [0.5, 0.6) is 5.75 Å². The summed E-state index contributed by atoms with van der Waals surface area (Å²) >= 11 is 0. The maximum absolute atomic E-state index is 5.81. The van der Waals surface area contributed by atoms with Crippen LogP contribution in [0, 0.1) is 0 Å². The summed E-state index contributed by atoms with van der Waals surface area (Å²) in [5.41, 5.74) is 8.09. The number of ether oxygens (including phenoxy) is 1. The molecular formula is C14H16N2O. The Hall–Kier alpha value is -2.03. The second kappa shape index (κ2) is 5.34. The lowest BCUT2D eigenvalue weighted by atomic mass is 10.0. The van der Waals surface area contributed by atoms with Crippen LogP contribution in [0.25, 0.3) is 0 Å². The first-order valence-electron chi connectivity index (χ1n) is 5.62. The number of methoxy groups -OCH3 is 1. The average molecular weight is 228 g/mol. The summed E-state index contributed by atoms with van der Waals surface area (Å²) in [6.45, 7) is 0. The molecule has 0 amide bonds. The molecule has 1 aromatic carbocycles. The molecule has 0 atom stereocenters. The van der Waals surface area contributed by atoms with Crippen molar-refractivity contribution in [1.29, 1.82) is 0 Å². The summed E-state index contributed by atoms with van der Waals surface area (Å²) in [7, 11) is 1.69. The molecule has 17 heavy (non-hydrogen) atoms. The van der Waals surface area contributed by atoms with Crippen molar-refractivity contribution in [3.63, 3.8) is 0 Å². The average Bonchev–Trinajstić information content (AvgIpc) is 2.38. The van der Waals surface area contributed by atoms with E-state index in [9.17, 15) is 0 Å². The van der Waals surface area contributed by atoms with Gasteiger partial charge in [-0.05, 0) is 36.1 Å². The van der Waals surface area contributed by atoms with Crippen LogP contribution in [0.4, 0.5) is 5.82 Å². The summed E-state index contributed by atoms with van der Waals surface area (Å²) in [4.78, 5) is 4.08. The Morgan fingerprint density at radius 3 is 2.53 bits per heavy atom. The van der Waals surface area contributed by atoms with Crippen LogP contribution >= 0.6 is 0 Å². The highest BCUT2D eigenvalue weighted by molar-refractivity contribution is 5.40. The van der Waals surface area contributed by atoms with E-state index in [-0.39, 0.29) is 0 Å². The van der Waals surface area contributed by atoms with Gasteiger partial charge in [-0.2, -0.15) is 0 Å². The van der Waals surface area contributed by atoms with Crippen molar-refractivity contribution in [3.05, 3.63) is 53.7 Å². The first kappa shape index (κ1) is 11.5. The molecule has 3 nitrogen and oxygen atoms in total. The van der Waals surface area contributed by atoms with Gasteiger partial charge >= 0.3 is 0 Å². The molecule has 0 saturated heterocycles. The van der Waals surface area contributed by atoms with E-state index in [1.807, 2.05) is 30.3 Å². The molecule has 0 bridgehead atoms. The summed E-state index contributed by atoms with van der Waals surface area (Å²) in [6, 6.07) is 12.0. The Morgan fingerprint density at radius 1 is 1.06 bits per heavy atom. The number of nitrogen functional groups attached to an aromatic ring is 1. The molecule has 88 valence electrons. The Labute approximate surface area is 101 Å². The van der Waals surface area contributed by atoms with Crippen LogP contribution in [0.15, 0.2) is 42.6 Å². The van der Waals surface area contributed by atoms with Crippen molar-refractivity contribution < 1.29 is 4.74 Å². The van der Waals surface area contributed by atoms with Crippen molar-refractivity contribution >= 4 is 5.82 Å². The molecule has 0 aliphatic heterocycles. The molecular weight excluding hydrogens is 212 g/mol. The van der Waals surface area contributed by atoms with Crippen molar-refractivity contribution in [1.82, 2.24) is 4.98 Å². The zero-order valence-electron chi connectivity index (χ0n) is 9.89. The number of nitrogens with two attached hydrogens (primary N) is 1. The Morgan fingerprint density at radius 2 is 1.76 bits per heavy atom. The van der Waals surface area contributed by atoms with E-state index in [4.69, 9.17) is 10.5 Å². The lowest BCUT2D eigenvalue weighted by Crippen LogP contribution is -2.00. The Kier molecular flexibility index (Phi) is 3.60. The molecule has 0 aliphatic rings. The van der Waals surface area contributed by atoms with Gasteiger partial charge in [-0.15, -0.1) is 0 Å².